The highest BCUT2D eigenvalue weighted by Crippen LogP contribution is 2.27. The number of rotatable bonds is 5. The summed E-state index contributed by atoms with van der Waals surface area (Å²) in [5, 5.41) is 0. The van der Waals surface area contributed by atoms with Crippen molar-refractivity contribution in [3.05, 3.63) is 65.2 Å². The van der Waals surface area contributed by atoms with Gasteiger partial charge in [-0.1, -0.05) is 63.2 Å². The van der Waals surface area contributed by atoms with Crippen LogP contribution in [0.4, 0.5) is 0 Å². The fourth-order valence-corrected chi connectivity index (χ4v) is 5.27. The first-order valence-electron chi connectivity index (χ1n) is 10.0. The van der Waals surface area contributed by atoms with Crippen molar-refractivity contribution in [2.75, 3.05) is 13.1 Å². The summed E-state index contributed by atoms with van der Waals surface area (Å²) < 4.78 is 29.1. The molecule has 2 aromatic carbocycles. The topological polar surface area (TPSA) is 49.4 Å². The fourth-order valence-electron chi connectivity index (χ4n) is 3.69. The van der Waals surface area contributed by atoms with Crippen LogP contribution in [0.1, 0.15) is 50.3 Å². The number of hydrogen-bond donors (Lipinski definition) is 1. The lowest BCUT2D eigenvalue weighted by atomic mass is 9.87. The lowest BCUT2D eigenvalue weighted by Crippen LogP contribution is -2.44. The Morgan fingerprint density at radius 2 is 1.68 bits per heavy atom. The molecule has 1 fully saturated rings. The third-order valence-corrected chi connectivity index (χ3v) is 7.16. The van der Waals surface area contributed by atoms with E-state index in [1.165, 1.54) is 5.56 Å². The molecule has 0 atom stereocenters. The van der Waals surface area contributed by atoms with Gasteiger partial charge in [0.15, 0.2) is 0 Å². The standard InChI is InChI=1S/C23H32N2O2S/c1-18-10-11-20(23(2,3)4)16-22(18)28(26,27)24-21-12-14-25(15-13-21)17-19-8-6-5-7-9-19/h5-11,16,21,24H,12-15,17H2,1-4H3. The number of sulfonamides is 1. The summed E-state index contributed by atoms with van der Waals surface area (Å²) in [5.41, 5.74) is 3.05. The first-order valence-corrected chi connectivity index (χ1v) is 11.5. The number of nitrogens with one attached hydrogen (secondary N) is 1. The number of nitrogens with zero attached hydrogens (tertiary/aromatic N) is 1. The molecule has 3 rings (SSSR count). The van der Waals surface area contributed by atoms with Crippen LogP contribution in [0.3, 0.4) is 0 Å². The summed E-state index contributed by atoms with van der Waals surface area (Å²) in [6.45, 7) is 10.9. The van der Waals surface area contributed by atoms with Gasteiger partial charge in [-0.15, -0.1) is 0 Å². The summed E-state index contributed by atoms with van der Waals surface area (Å²) in [6.07, 6.45) is 1.67. The largest absolute Gasteiger partial charge is 0.299 e. The Labute approximate surface area is 170 Å². The van der Waals surface area contributed by atoms with E-state index in [1.807, 2.05) is 31.2 Å². The van der Waals surface area contributed by atoms with Crippen molar-refractivity contribution >= 4 is 10.0 Å². The SMILES string of the molecule is Cc1ccc(C(C)(C)C)cc1S(=O)(=O)NC1CCN(Cc2ccccc2)CC1. The van der Waals surface area contributed by atoms with Crippen LogP contribution in [0.5, 0.6) is 0 Å². The molecular formula is C23H32N2O2S. The summed E-state index contributed by atoms with van der Waals surface area (Å²) >= 11 is 0. The van der Waals surface area contributed by atoms with Crippen molar-refractivity contribution in [2.24, 2.45) is 0 Å². The lowest BCUT2D eigenvalue weighted by molar-refractivity contribution is 0.200. The Balaban J connectivity index is 1.64. The lowest BCUT2D eigenvalue weighted by Gasteiger charge is -2.32. The van der Waals surface area contributed by atoms with Crippen molar-refractivity contribution in [2.45, 2.75) is 63.4 Å². The van der Waals surface area contributed by atoms with Gasteiger partial charge in [0.2, 0.25) is 10.0 Å². The van der Waals surface area contributed by atoms with E-state index in [9.17, 15) is 8.42 Å². The van der Waals surface area contributed by atoms with Crippen molar-refractivity contribution in [1.82, 2.24) is 9.62 Å². The van der Waals surface area contributed by atoms with Gasteiger partial charge in [-0.25, -0.2) is 13.1 Å². The zero-order valence-corrected chi connectivity index (χ0v) is 18.2. The minimum atomic E-state index is -3.52. The predicted octanol–water partition coefficient (Wildman–Crippen LogP) is 4.24. The van der Waals surface area contributed by atoms with Gasteiger partial charge >= 0.3 is 0 Å². The number of hydrogen-bond acceptors (Lipinski definition) is 3. The summed E-state index contributed by atoms with van der Waals surface area (Å²) in [7, 11) is -3.52. The quantitative estimate of drug-likeness (QED) is 0.817. The van der Waals surface area contributed by atoms with E-state index in [1.54, 1.807) is 0 Å². The summed E-state index contributed by atoms with van der Waals surface area (Å²) in [4.78, 5) is 2.80. The van der Waals surface area contributed by atoms with Crippen LogP contribution in [-0.2, 0) is 22.0 Å². The maximum Gasteiger partial charge on any atom is 0.241 e. The molecule has 0 unspecified atom stereocenters. The monoisotopic (exact) mass is 400 g/mol. The van der Waals surface area contributed by atoms with Crippen LogP contribution in [0.15, 0.2) is 53.4 Å². The highest BCUT2D eigenvalue weighted by atomic mass is 32.2. The van der Waals surface area contributed by atoms with Crippen molar-refractivity contribution < 1.29 is 8.42 Å². The Morgan fingerprint density at radius 1 is 1.04 bits per heavy atom. The fraction of sp³-hybridized carbons (Fsp3) is 0.478. The van der Waals surface area contributed by atoms with E-state index in [2.05, 4.69) is 54.7 Å². The van der Waals surface area contributed by atoms with Gasteiger partial charge in [0.25, 0.3) is 0 Å². The molecule has 1 N–H and O–H groups in total. The maximum absolute atomic E-state index is 13.0. The first kappa shape index (κ1) is 21.0. The van der Waals surface area contributed by atoms with Crippen LogP contribution in [0.2, 0.25) is 0 Å². The third-order valence-electron chi connectivity index (χ3n) is 5.50. The Bertz CT molecular complexity index is 894. The zero-order valence-electron chi connectivity index (χ0n) is 17.4. The summed E-state index contributed by atoms with van der Waals surface area (Å²) in [5.74, 6) is 0. The van der Waals surface area contributed by atoms with Gasteiger partial charge in [0, 0.05) is 25.7 Å². The second kappa shape index (κ2) is 8.36. The van der Waals surface area contributed by atoms with Crippen molar-refractivity contribution in [3.63, 3.8) is 0 Å². The third kappa shape index (κ3) is 5.22. The van der Waals surface area contributed by atoms with Gasteiger partial charge < -0.3 is 0 Å². The van der Waals surface area contributed by atoms with E-state index in [4.69, 9.17) is 0 Å². The average Bonchev–Trinajstić information content (AvgIpc) is 2.63. The molecule has 1 aliphatic heterocycles. The molecule has 5 heteroatoms. The average molecular weight is 401 g/mol. The van der Waals surface area contributed by atoms with Crippen molar-refractivity contribution in [3.8, 4) is 0 Å². The van der Waals surface area contributed by atoms with Gasteiger partial charge in [-0.2, -0.15) is 0 Å². The number of benzene rings is 2. The Morgan fingerprint density at radius 3 is 2.29 bits per heavy atom. The van der Waals surface area contributed by atoms with Crippen molar-refractivity contribution in [1.29, 1.82) is 0 Å². The molecule has 28 heavy (non-hydrogen) atoms. The normalized spacial score (nSPS) is 17.0. The number of aryl methyl sites for hydroxylation is 1. The molecule has 152 valence electrons. The highest BCUT2D eigenvalue weighted by Gasteiger charge is 2.27. The zero-order chi connectivity index (χ0) is 20.4. The van der Waals surface area contributed by atoms with E-state index in [0.29, 0.717) is 4.90 Å². The molecular weight excluding hydrogens is 368 g/mol. The molecule has 1 saturated heterocycles. The van der Waals surface area contributed by atoms with Gasteiger partial charge in [0.05, 0.1) is 4.90 Å². The van der Waals surface area contributed by atoms with E-state index < -0.39 is 10.0 Å². The van der Waals surface area contributed by atoms with Gasteiger partial charge in [0.1, 0.15) is 0 Å². The van der Waals surface area contributed by atoms with Crippen LogP contribution in [0.25, 0.3) is 0 Å². The van der Waals surface area contributed by atoms with Crippen LogP contribution in [0, 0.1) is 6.92 Å². The molecule has 0 bridgehead atoms. The van der Waals surface area contributed by atoms with Crippen LogP contribution in [-0.4, -0.2) is 32.4 Å². The second-order valence-corrected chi connectivity index (χ2v) is 10.6. The number of likely N-dealkylation sites (tertiary alicyclic amines) is 1. The van der Waals surface area contributed by atoms with E-state index in [0.717, 1.165) is 43.6 Å². The molecule has 0 aromatic heterocycles. The first-order chi connectivity index (χ1) is 13.1. The van der Waals surface area contributed by atoms with E-state index >= 15 is 0 Å². The second-order valence-electron chi connectivity index (χ2n) is 8.89. The molecule has 1 heterocycles. The molecule has 0 radical (unpaired) electrons. The molecule has 0 aliphatic carbocycles. The molecule has 1 aliphatic rings. The van der Waals surface area contributed by atoms with E-state index in [-0.39, 0.29) is 11.5 Å². The van der Waals surface area contributed by atoms with Crippen LogP contribution < -0.4 is 4.72 Å². The smallest absolute Gasteiger partial charge is 0.241 e. The minimum absolute atomic E-state index is 0.00489. The van der Waals surface area contributed by atoms with Gasteiger partial charge in [-0.3, -0.25) is 4.90 Å². The predicted molar refractivity (Wildman–Crippen MR) is 115 cm³/mol. The molecule has 0 amide bonds. The summed E-state index contributed by atoms with van der Waals surface area (Å²) in [6, 6.07) is 16.2. The number of piperidine rings is 1. The van der Waals surface area contributed by atoms with Gasteiger partial charge in [-0.05, 0) is 47.9 Å². The molecule has 0 spiro atoms. The maximum atomic E-state index is 13.0. The van der Waals surface area contributed by atoms with Crippen LogP contribution >= 0.6 is 0 Å². The molecule has 2 aromatic rings. The molecule has 4 nitrogen and oxygen atoms in total. The highest BCUT2D eigenvalue weighted by molar-refractivity contribution is 7.89. The Kier molecular flexibility index (Phi) is 6.28. The Hall–Kier alpha value is -1.69. The molecule has 0 saturated carbocycles. The minimum Gasteiger partial charge on any atom is -0.299 e.